The van der Waals surface area contributed by atoms with E-state index in [-0.39, 0.29) is 5.78 Å². The first kappa shape index (κ1) is 11.5. The standard InChI is InChI=1S/C13H17NO/c1-9-5-4-6-10(2)13(9)8-12(15)7-11(3)14/h4-7H,8,14H2,1-3H3/b11-7-. The number of allylic oxidation sites excluding steroid dienone is 2. The molecular formula is C13H17NO. The molecule has 1 aromatic carbocycles. The summed E-state index contributed by atoms with van der Waals surface area (Å²) >= 11 is 0. The van der Waals surface area contributed by atoms with Gasteiger partial charge >= 0.3 is 0 Å². The van der Waals surface area contributed by atoms with E-state index in [0.717, 1.165) is 16.7 Å². The first-order chi connectivity index (χ1) is 7.00. The van der Waals surface area contributed by atoms with Gasteiger partial charge < -0.3 is 5.73 Å². The Morgan fingerprint density at radius 3 is 2.33 bits per heavy atom. The minimum absolute atomic E-state index is 0.0624. The summed E-state index contributed by atoms with van der Waals surface area (Å²) in [6, 6.07) is 6.05. The lowest BCUT2D eigenvalue weighted by molar-refractivity contribution is -0.114. The first-order valence-electron chi connectivity index (χ1n) is 5.02. The second-order valence-corrected chi connectivity index (χ2v) is 3.90. The van der Waals surface area contributed by atoms with Crippen LogP contribution >= 0.6 is 0 Å². The van der Waals surface area contributed by atoms with Crippen molar-refractivity contribution in [3.63, 3.8) is 0 Å². The summed E-state index contributed by atoms with van der Waals surface area (Å²) in [5, 5.41) is 0. The van der Waals surface area contributed by atoms with Crippen LogP contribution in [0, 0.1) is 13.8 Å². The molecule has 0 unspecified atom stereocenters. The van der Waals surface area contributed by atoms with Crippen LogP contribution in [0.3, 0.4) is 0 Å². The molecule has 1 rings (SSSR count). The molecule has 0 saturated carbocycles. The Balaban J connectivity index is 2.90. The number of benzene rings is 1. The van der Waals surface area contributed by atoms with Crippen molar-refractivity contribution in [3.8, 4) is 0 Å². The molecule has 0 spiro atoms. The minimum atomic E-state index is 0.0624. The maximum absolute atomic E-state index is 11.6. The van der Waals surface area contributed by atoms with E-state index in [2.05, 4.69) is 0 Å². The van der Waals surface area contributed by atoms with Gasteiger partial charge in [0.05, 0.1) is 0 Å². The van der Waals surface area contributed by atoms with Crippen LogP contribution in [0.25, 0.3) is 0 Å². The van der Waals surface area contributed by atoms with Crippen molar-refractivity contribution >= 4 is 5.78 Å². The predicted molar refractivity (Wildman–Crippen MR) is 62.6 cm³/mol. The third-order valence-electron chi connectivity index (χ3n) is 2.38. The molecule has 0 heterocycles. The largest absolute Gasteiger partial charge is 0.402 e. The SMILES string of the molecule is C/C(N)=C/C(=O)Cc1c(C)cccc1C. The molecule has 2 nitrogen and oxygen atoms in total. The molecule has 0 aliphatic heterocycles. The molecule has 2 N–H and O–H groups in total. The molecule has 15 heavy (non-hydrogen) atoms. The second-order valence-electron chi connectivity index (χ2n) is 3.90. The maximum Gasteiger partial charge on any atom is 0.161 e. The molecule has 0 radical (unpaired) electrons. The average molecular weight is 203 g/mol. The van der Waals surface area contributed by atoms with Crippen molar-refractivity contribution in [1.82, 2.24) is 0 Å². The molecule has 0 aliphatic rings. The van der Waals surface area contributed by atoms with E-state index < -0.39 is 0 Å². The van der Waals surface area contributed by atoms with Crippen LogP contribution in [-0.4, -0.2) is 5.78 Å². The Labute approximate surface area is 90.8 Å². The van der Waals surface area contributed by atoms with Gasteiger partial charge in [0.2, 0.25) is 0 Å². The van der Waals surface area contributed by atoms with Crippen molar-refractivity contribution in [2.24, 2.45) is 5.73 Å². The highest BCUT2D eigenvalue weighted by Crippen LogP contribution is 2.14. The maximum atomic E-state index is 11.6. The lowest BCUT2D eigenvalue weighted by Crippen LogP contribution is -2.05. The smallest absolute Gasteiger partial charge is 0.161 e. The van der Waals surface area contributed by atoms with E-state index in [1.807, 2.05) is 32.0 Å². The summed E-state index contributed by atoms with van der Waals surface area (Å²) in [5.74, 6) is 0.0624. The quantitative estimate of drug-likeness (QED) is 0.766. The summed E-state index contributed by atoms with van der Waals surface area (Å²) in [5.41, 5.74) is 9.45. The van der Waals surface area contributed by atoms with Crippen molar-refractivity contribution in [2.75, 3.05) is 0 Å². The van der Waals surface area contributed by atoms with E-state index in [1.54, 1.807) is 6.92 Å². The zero-order chi connectivity index (χ0) is 11.4. The van der Waals surface area contributed by atoms with Crippen LogP contribution in [0.1, 0.15) is 23.6 Å². The van der Waals surface area contributed by atoms with Crippen molar-refractivity contribution < 1.29 is 4.79 Å². The monoisotopic (exact) mass is 203 g/mol. The van der Waals surface area contributed by atoms with Gasteiger partial charge in [-0.15, -0.1) is 0 Å². The highest BCUT2D eigenvalue weighted by atomic mass is 16.1. The highest BCUT2D eigenvalue weighted by molar-refractivity contribution is 5.92. The summed E-state index contributed by atoms with van der Waals surface area (Å²) in [7, 11) is 0. The molecular weight excluding hydrogens is 186 g/mol. The lowest BCUT2D eigenvalue weighted by atomic mass is 9.98. The van der Waals surface area contributed by atoms with Gasteiger partial charge in [0.15, 0.2) is 5.78 Å². The molecule has 0 atom stereocenters. The molecule has 0 fully saturated rings. The van der Waals surface area contributed by atoms with Crippen LogP contribution in [0.2, 0.25) is 0 Å². The van der Waals surface area contributed by atoms with Crippen LogP contribution in [0.15, 0.2) is 30.0 Å². The van der Waals surface area contributed by atoms with Gasteiger partial charge in [-0.2, -0.15) is 0 Å². The fourth-order valence-corrected chi connectivity index (χ4v) is 1.61. The average Bonchev–Trinajstić information content (AvgIpc) is 2.10. The normalized spacial score (nSPS) is 11.5. The van der Waals surface area contributed by atoms with Crippen LogP contribution in [-0.2, 0) is 11.2 Å². The molecule has 0 aliphatic carbocycles. The van der Waals surface area contributed by atoms with E-state index in [0.29, 0.717) is 12.1 Å². The van der Waals surface area contributed by atoms with Gasteiger partial charge in [-0.3, -0.25) is 4.79 Å². The van der Waals surface area contributed by atoms with Gasteiger partial charge in [0.1, 0.15) is 0 Å². The third kappa shape index (κ3) is 3.24. The number of hydrogen-bond acceptors (Lipinski definition) is 2. The fourth-order valence-electron chi connectivity index (χ4n) is 1.61. The molecule has 0 amide bonds. The molecule has 0 saturated heterocycles. The molecule has 0 bridgehead atoms. The lowest BCUT2D eigenvalue weighted by Gasteiger charge is -2.07. The van der Waals surface area contributed by atoms with Crippen LogP contribution in [0.4, 0.5) is 0 Å². The van der Waals surface area contributed by atoms with Gasteiger partial charge in [0.25, 0.3) is 0 Å². The Morgan fingerprint density at radius 2 is 1.87 bits per heavy atom. The first-order valence-corrected chi connectivity index (χ1v) is 5.02. The van der Waals surface area contributed by atoms with Gasteiger partial charge in [-0.25, -0.2) is 0 Å². The van der Waals surface area contributed by atoms with Crippen LogP contribution in [0.5, 0.6) is 0 Å². The third-order valence-corrected chi connectivity index (χ3v) is 2.38. The minimum Gasteiger partial charge on any atom is -0.402 e. The summed E-state index contributed by atoms with van der Waals surface area (Å²) in [6.07, 6.45) is 1.93. The van der Waals surface area contributed by atoms with Crippen molar-refractivity contribution in [1.29, 1.82) is 0 Å². The van der Waals surface area contributed by atoms with Gasteiger partial charge in [-0.1, -0.05) is 18.2 Å². The Bertz CT molecular complexity index is 381. The molecule has 80 valence electrons. The number of aryl methyl sites for hydroxylation is 2. The van der Waals surface area contributed by atoms with E-state index in [4.69, 9.17) is 5.73 Å². The van der Waals surface area contributed by atoms with Gasteiger partial charge in [-0.05, 0) is 43.5 Å². The van der Waals surface area contributed by atoms with Crippen molar-refractivity contribution in [3.05, 3.63) is 46.7 Å². The predicted octanol–water partition coefficient (Wildman–Crippen LogP) is 2.28. The number of rotatable bonds is 3. The molecule has 2 heteroatoms. The molecule has 1 aromatic rings. The summed E-state index contributed by atoms with van der Waals surface area (Å²) in [4.78, 5) is 11.6. The number of ketones is 1. The number of hydrogen-bond donors (Lipinski definition) is 1. The fraction of sp³-hybridized carbons (Fsp3) is 0.308. The zero-order valence-corrected chi connectivity index (χ0v) is 9.50. The van der Waals surface area contributed by atoms with E-state index in [9.17, 15) is 4.79 Å². The molecule has 0 aromatic heterocycles. The van der Waals surface area contributed by atoms with Gasteiger partial charge in [0, 0.05) is 12.1 Å². The van der Waals surface area contributed by atoms with Crippen molar-refractivity contribution in [2.45, 2.75) is 27.2 Å². The Morgan fingerprint density at radius 1 is 1.33 bits per heavy atom. The summed E-state index contributed by atoms with van der Waals surface area (Å²) < 4.78 is 0. The Kier molecular flexibility index (Phi) is 3.67. The topological polar surface area (TPSA) is 43.1 Å². The number of nitrogens with two attached hydrogens (primary N) is 1. The summed E-state index contributed by atoms with van der Waals surface area (Å²) in [6.45, 7) is 5.77. The zero-order valence-electron chi connectivity index (χ0n) is 9.50. The Hall–Kier alpha value is -1.57. The highest BCUT2D eigenvalue weighted by Gasteiger charge is 2.06. The van der Waals surface area contributed by atoms with E-state index in [1.165, 1.54) is 6.08 Å². The van der Waals surface area contributed by atoms with E-state index >= 15 is 0 Å². The number of carbonyl (C=O) groups excluding carboxylic acids is 1. The second kappa shape index (κ2) is 4.78. The number of carbonyl (C=O) groups is 1. The van der Waals surface area contributed by atoms with Crippen LogP contribution < -0.4 is 5.73 Å².